The number of halogens is 1. The van der Waals surface area contributed by atoms with Crippen LogP contribution in [0.4, 0.5) is 0 Å². The first kappa shape index (κ1) is 10.7. The molecule has 0 unspecified atom stereocenters. The van der Waals surface area contributed by atoms with E-state index in [0.717, 1.165) is 5.32 Å². The molecule has 0 aromatic heterocycles. The Labute approximate surface area is 55.4 Å². The van der Waals surface area contributed by atoms with Crippen molar-refractivity contribution in [2.45, 2.75) is 17.0 Å². The average molecular weight is 190 g/mol. The first-order valence-corrected chi connectivity index (χ1v) is 6.56. The maximum atomic E-state index is 8.27. The molecule has 0 aliphatic heterocycles. The third-order valence-electron chi connectivity index (χ3n) is 0.500. The van der Waals surface area contributed by atoms with Gasteiger partial charge in [0.15, 0.2) is 0 Å². The van der Waals surface area contributed by atoms with Crippen molar-refractivity contribution in [3.8, 4) is 0 Å². The fourth-order valence-corrected chi connectivity index (χ4v) is 0.949. The molecule has 7 heavy (non-hydrogen) atoms. The van der Waals surface area contributed by atoms with Crippen molar-refractivity contribution in [1.82, 2.24) is 0 Å². The average Bonchev–Trinajstić information content (AvgIpc) is 1.35. The Morgan fingerprint density at radius 3 is 1.86 bits per heavy atom. The molecule has 0 aliphatic carbocycles. The molecule has 0 amide bonds. The monoisotopic (exact) mass is 190 g/mol. The van der Waals surface area contributed by atoms with Crippen LogP contribution in [0.25, 0.3) is 0 Å². The number of aliphatic hydroxyl groups is 1. The number of hydrogen-bond acceptors (Lipinski definition) is 1. The van der Waals surface area contributed by atoms with Gasteiger partial charge in [-0.3, -0.25) is 0 Å². The van der Waals surface area contributed by atoms with Crippen molar-refractivity contribution in [2.75, 3.05) is 6.61 Å². The quantitative estimate of drug-likeness (QED) is 0.486. The van der Waals surface area contributed by atoms with Gasteiger partial charge in [-0.1, -0.05) is 0 Å². The van der Waals surface area contributed by atoms with Gasteiger partial charge in [-0.2, -0.15) is 0 Å². The Morgan fingerprint density at radius 2 is 1.86 bits per heavy atom. The van der Waals surface area contributed by atoms with Crippen molar-refractivity contribution in [3.63, 3.8) is 0 Å². The Morgan fingerprint density at radius 1 is 1.43 bits per heavy atom. The van der Waals surface area contributed by atoms with Crippen LogP contribution >= 0.6 is 0 Å². The topological polar surface area (TPSA) is 20.2 Å². The molecule has 0 bridgehead atoms. The van der Waals surface area contributed by atoms with Gasteiger partial charge in [-0.15, -0.1) is 0 Å². The second-order valence-electron chi connectivity index (χ2n) is 1.41. The van der Waals surface area contributed by atoms with Crippen LogP contribution in [-0.2, 0) is 0 Å². The normalized spacial score (nSPS) is 8.57. The maximum absolute atomic E-state index is 8.27. The number of aliphatic hydroxyl groups excluding tert-OH is 1. The van der Waals surface area contributed by atoms with E-state index >= 15 is 0 Å². The third-order valence-corrected chi connectivity index (χ3v) is 2.60. The molecule has 0 aliphatic rings. The smallest absolute Gasteiger partial charge is 1.00 e. The molecule has 1 nitrogen and oxygen atoms in total. The van der Waals surface area contributed by atoms with Crippen LogP contribution in [0.1, 0.15) is 0 Å². The summed E-state index contributed by atoms with van der Waals surface area (Å²) in [5, 5.41) is 9.32. The summed E-state index contributed by atoms with van der Waals surface area (Å²) in [7, 11) is 0. The minimum absolute atomic E-state index is 0. The van der Waals surface area contributed by atoms with E-state index in [4.69, 9.17) is 5.11 Å². The largest absolute Gasteiger partial charge is 1.00 e. The van der Waals surface area contributed by atoms with Crippen molar-refractivity contribution in [1.29, 1.82) is 0 Å². The van der Waals surface area contributed by atoms with Crippen LogP contribution in [-0.4, -0.2) is 25.6 Å². The molecule has 0 fully saturated rings. The standard InChI is InChI=1S/C4H11OSe.ClH/c1-6(2)4-3-5;/h5H,3-4H2,1-2H3;1H/q+1;/p-1. The second-order valence-corrected chi connectivity index (χ2v) is 6.41. The summed E-state index contributed by atoms with van der Waals surface area (Å²) in [6, 6.07) is 0. The zero-order chi connectivity index (χ0) is 4.99. The van der Waals surface area contributed by atoms with Crippen LogP contribution < -0.4 is 12.4 Å². The van der Waals surface area contributed by atoms with E-state index in [1.165, 1.54) is 0 Å². The second kappa shape index (κ2) is 6.77. The van der Waals surface area contributed by atoms with E-state index < -0.39 is 0 Å². The van der Waals surface area contributed by atoms with E-state index in [-0.39, 0.29) is 26.3 Å². The van der Waals surface area contributed by atoms with Crippen molar-refractivity contribution in [2.24, 2.45) is 0 Å². The molecule has 1 N–H and O–H groups in total. The van der Waals surface area contributed by atoms with Gasteiger partial charge in [0.1, 0.15) is 0 Å². The van der Waals surface area contributed by atoms with Gasteiger partial charge in [0, 0.05) is 0 Å². The molecule has 0 atom stereocenters. The molecule has 0 heterocycles. The van der Waals surface area contributed by atoms with Crippen LogP contribution in [0.15, 0.2) is 0 Å². The molecular formula is C4H11ClOSe. The third kappa shape index (κ3) is 10.8. The fraction of sp³-hybridized carbons (Fsp3) is 1.00. The van der Waals surface area contributed by atoms with Crippen molar-refractivity contribution < 1.29 is 17.5 Å². The first-order chi connectivity index (χ1) is 2.77. The Balaban J connectivity index is 0. The molecule has 0 saturated heterocycles. The number of rotatable bonds is 2. The molecular weight excluding hydrogens is 178 g/mol. The number of hydrogen-bond donors (Lipinski definition) is 1. The summed E-state index contributed by atoms with van der Waals surface area (Å²) >= 11 is -0.314. The van der Waals surface area contributed by atoms with E-state index in [1.807, 2.05) is 0 Å². The molecule has 0 radical (unpaired) electrons. The van der Waals surface area contributed by atoms with Gasteiger partial charge in [-0.05, 0) is 0 Å². The van der Waals surface area contributed by atoms with Gasteiger partial charge in [0.05, 0.1) is 0 Å². The minimum atomic E-state index is -0.314. The van der Waals surface area contributed by atoms with E-state index in [2.05, 4.69) is 11.6 Å². The molecule has 3 heteroatoms. The Bertz CT molecular complexity index is 32.9. The molecule has 0 rings (SSSR count). The van der Waals surface area contributed by atoms with Gasteiger partial charge in [-0.25, -0.2) is 0 Å². The molecule has 0 saturated carbocycles. The van der Waals surface area contributed by atoms with Crippen LogP contribution in [0.3, 0.4) is 0 Å². The minimum Gasteiger partial charge on any atom is -1.00 e. The summed E-state index contributed by atoms with van der Waals surface area (Å²) in [6.45, 7) is 0.387. The van der Waals surface area contributed by atoms with Gasteiger partial charge >= 0.3 is 42.6 Å². The summed E-state index contributed by atoms with van der Waals surface area (Å²) in [4.78, 5) is 0. The van der Waals surface area contributed by atoms with Gasteiger partial charge in [0.25, 0.3) is 0 Å². The van der Waals surface area contributed by atoms with Crippen molar-refractivity contribution >= 4 is 13.9 Å². The van der Waals surface area contributed by atoms with Crippen molar-refractivity contribution in [3.05, 3.63) is 0 Å². The Hall–Kier alpha value is 0.769. The van der Waals surface area contributed by atoms with Crippen LogP contribution in [0.2, 0.25) is 17.0 Å². The molecule has 46 valence electrons. The molecule has 0 aromatic carbocycles. The zero-order valence-electron chi connectivity index (χ0n) is 4.65. The predicted molar refractivity (Wildman–Crippen MR) is 29.4 cm³/mol. The van der Waals surface area contributed by atoms with E-state index in [0.29, 0.717) is 6.61 Å². The molecule has 0 aromatic rings. The Kier molecular flexibility index (Phi) is 10.3. The summed E-state index contributed by atoms with van der Waals surface area (Å²) in [5.74, 6) is 4.44. The maximum Gasteiger partial charge on any atom is -1.00 e. The molecule has 0 spiro atoms. The van der Waals surface area contributed by atoms with Gasteiger partial charge in [0.2, 0.25) is 0 Å². The predicted octanol–water partition coefficient (Wildman–Crippen LogP) is -2.26. The fourth-order valence-electron chi connectivity index (χ4n) is 0.183. The SMILES string of the molecule is C[Se+](C)CCO.[Cl-]. The van der Waals surface area contributed by atoms with Crippen LogP contribution in [0, 0.1) is 0 Å². The zero-order valence-corrected chi connectivity index (χ0v) is 7.12. The summed E-state index contributed by atoms with van der Waals surface area (Å²) in [6.07, 6.45) is 0. The van der Waals surface area contributed by atoms with Crippen LogP contribution in [0.5, 0.6) is 0 Å². The van der Waals surface area contributed by atoms with Gasteiger partial charge < -0.3 is 12.4 Å². The summed E-state index contributed by atoms with van der Waals surface area (Å²) < 4.78 is 0. The summed E-state index contributed by atoms with van der Waals surface area (Å²) in [5.41, 5.74) is 0. The first-order valence-electron chi connectivity index (χ1n) is 1.92. The van der Waals surface area contributed by atoms with E-state index in [1.54, 1.807) is 0 Å². The van der Waals surface area contributed by atoms with E-state index in [9.17, 15) is 0 Å².